The number of carbonyl (C=O) groups is 2. The van der Waals surface area contributed by atoms with Crippen LogP contribution in [0.2, 0.25) is 0 Å². The molecule has 0 unspecified atom stereocenters. The van der Waals surface area contributed by atoms with Gasteiger partial charge in [0.1, 0.15) is 11.4 Å². The maximum atomic E-state index is 12.7. The fraction of sp³-hybridized carbons (Fsp3) is 0.450. The smallest absolute Gasteiger partial charge is 0.269 e. The summed E-state index contributed by atoms with van der Waals surface area (Å²) >= 11 is 0. The van der Waals surface area contributed by atoms with Crippen LogP contribution in [0.4, 0.5) is 0 Å². The molecule has 1 fully saturated rings. The van der Waals surface area contributed by atoms with Crippen LogP contribution in [0.25, 0.3) is 0 Å². The molecule has 1 aromatic heterocycles. The lowest BCUT2D eigenvalue weighted by Crippen LogP contribution is -2.38. The first-order valence-electron chi connectivity index (χ1n) is 9.45. The molecule has 1 aromatic carbocycles. The Morgan fingerprint density at radius 3 is 2.56 bits per heavy atom. The molecule has 1 saturated heterocycles. The van der Waals surface area contributed by atoms with Crippen molar-refractivity contribution < 1.29 is 14.3 Å². The van der Waals surface area contributed by atoms with Gasteiger partial charge in [0.25, 0.3) is 11.8 Å². The maximum Gasteiger partial charge on any atom is 0.269 e. The highest BCUT2D eigenvalue weighted by Crippen LogP contribution is 2.28. The Labute approximate surface area is 158 Å². The highest BCUT2D eigenvalue weighted by molar-refractivity contribution is 5.94. The summed E-state index contributed by atoms with van der Waals surface area (Å²) in [5.74, 6) is 0.551. The van der Waals surface area contributed by atoms with Gasteiger partial charge in [-0.15, -0.1) is 0 Å². The number of nitrogens with two attached hydrogens (primary N) is 1. The number of hydrogen-bond donors (Lipinski definition) is 2. The first-order valence-corrected chi connectivity index (χ1v) is 9.45. The number of carbonyl (C=O) groups excluding carboxylic acids is 2. The van der Waals surface area contributed by atoms with E-state index in [1.807, 2.05) is 29.2 Å². The Bertz CT molecular complexity index is 777. The van der Waals surface area contributed by atoms with Crippen molar-refractivity contribution in [3.8, 4) is 5.75 Å². The number of primary amides is 1. The zero-order valence-electron chi connectivity index (χ0n) is 15.6. The van der Waals surface area contributed by atoms with Crippen molar-refractivity contribution in [1.29, 1.82) is 0 Å². The van der Waals surface area contributed by atoms with E-state index in [2.05, 4.69) is 17.1 Å². The molecule has 1 aliphatic heterocycles. The molecule has 0 atom stereocenters. The zero-order valence-corrected chi connectivity index (χ0v) is 15.6. The first kappa shape index (κ1) is 18.9. The molecule has 7 nitrogen and oxygen atoms in total. The minimum Gasteiger partial charge on any atom is -0.494 e. The van der Waals surface area contributed by atoms with Crippen LogP contribution in [0.1, 0.15) is 65.1 Å². The number of likely N-dealkylation sites (tertiary alicyclic amines) is 1. The number of H-pyrrole nitrogens is 1. The van der Waals surface area contributed by atoms with Crippen molar-refractivity contribution in [2.45, 2.75) is 38.5 Å². The molecular formula is C20H26N4O3. The summed E-state index contributed by atoms with van der Waals surface area (Å²) in [7, 11) is 0. The SMILES string of the molecule is CCCCOc1ccc(C(=O)N2CCC(c3cc(C(N)=O)n[nH]3)CC2)cc1. The summed E-state index contributed by atoms with van der Waals surface area (Å²) in [6.07, 6.45) is 3.76. The minimum absolute atomic E-state index is 0.0380. The minimum atomic E-state index is -0.535. The number of unbranched alkanes of at least 4 members (excludes halogenated alkanes) is 1. The van der Waals surface area contributed by atoms with Crippen molar-refractivity contribution in [3.05, 3.63) is 47.3 Å². The number of ether oxygens (including phenoxy) is 1. The second kappa shape index (κ2) is 8.70. The van der Waals surface area contributed by atoms with Gasteiger partial charge in [0, 0.05) is 30.3 Å². The quantitative estimate of drug-likeness (QED) is 0.732. The van der Waals surface area contributed by atoms with Gasteiger partial charge in [-0.3, -0.25) is 14.7 Å². The second-order valence-corrected chi connectivity index (χ2v) is 6.87. The summed E-state index contributed by atoms with van der Waals surface area (Å²) in [6, 6.07) is 9.06. The molecule has 3 rings (SSSR count). The summed E-state index contributed by atoms with van der Waals surface area (Å²) in [4.78, 5) is 25.8. The molecule has 1 aliphatic rings. The number of aromatic amines is 1. The number of aromatic nitrogens is 2. The number of amides is 2. The van der Waals surface area contributed by atoms with E-state index in [4.69, 9.17) is 10.5 Å². The molecule has 3 N–H and O–H groups in total. The zero-order chi connectivity index (χ0) is 19.2. The molecule has 0 radical (unpaired) electrons. The number of rotatable bonds is 7. The third-order valence-electron chi connectivity index (χ3n) is 4.94. The van der Waals surface area contributed by atoms with E-state index in [1.54, 1.807) is 6.07 Å². The predicted octanol–water partition coefficient (Wildman–Crippen LogP) is 2.71. The molecule has 0 bridgehead atoms. The monoisotopic (exact) mass is 370 g/mol. The lowest BCUT2D eigenvalue weighted by atomic mass is 9.93. The van der Waals surface area contributed by atoms with Crippen LogP contribution < -0.4 is 10.5 Å². The summed E-state index contributed by atoms with van der Waals surface area (Å²) in [6.45, 7) is 4.16. The third-order valence-corrected chi connectivity index (χ3v) is 4.94. The summed E-state index contributed by atoms with van der Waals surface area (Å²) < 4.78 is 5.64. The highest BCUT2D eigenvalue weighted by Gasteiger charge is 2.26. The molecule has 2 amide bonds. The van der Waals surface area contributed by atoms with Crippen LogP contribution in [0.5, 0.6) is 5.75 Å². The average Bonchev–Trinajstić information content (AvgIpc) is 3.19. The Morgan fingerprint density at radius 2 is 1.96 bits per heavy atom. The van der Waals surface area contributed by atoms with Gasteiger partial charge in [0.2, 0.25) is 0 Å². The van der Waals surface area contributed by atoms with Gasteiger partial charge >= 0.3 is 0 Å². The molecule has 0 spiro atoms. The highest BCUT2D eigenvalue weighted by atomic mass is 16.5. The van der Waals surface area contributed by atoms with Crippen LogP contribution in [-0.2, 0) is 0 Å². The molecule has 0 saturated carbocycles. The molecule has 144 valence electrons. The number of nitrogens with zero attached hydrogens (tertiary/aromatic N) is 2. The van der Waals surface area contributed by atoms with E-state index >= 15 is 0 Å². The van der Waals surface area contributed by atoms with E-state index in [9.17, 15) is 9.59 Å². The van der Waals surface area contributed by atoms with E-state index in [-0.39, 0.29) is 17.5 Å². The fourth-order valence-electron chi connectivity index (χ4n) is 3.28. The van der Waals surface area contributed by atoms with Crippen molar-refractivity contribution >= 4 is 11.8 Å². The molecule has 7 heteroatoms. The van der Waals surface area contributed by atoms with E-state index in [1.165, 1.54) is 0 Å². The van der Waals surface area contributed by atoms with Gasteiger partial charge in [0.05, 0.1) is 6.61 Å². The van der Waals surface area contributed by atoms with Gasteiger partial charge in [-0.25, -0.2) is 0 Å². The largest absolute Gasteiger partial charge is 0.494 e. The molecule has 2 heterocycles. The molecule has 2 aromatic rings. The summed E-state index contributed by atoms with van der Waals surface area (Å²) in [5, 5.41) is 6.83. The number of hydrogen-bond acceptors (Lipinski definition) is 4. The van der Waals surface area contributed by atoms with Crippen molar-refractivity contribution in [2.75, 3.05) is 19.7 Å². The summed E-state index contributed by atoms with van der Waals surface area (Å²) in [5.41, 5.74) is 7.08. The Morgan fingerprint density at radius 1 is 1.26 bits per heavy atom. The molecule has 0 aliphatic carbocycles. The van der Waals surface area contributed by atoms with Crippen molar-refractivity contribution in [1.82, 2.24) is 15.1 Å². The maximum absolute atomic E-state index is 12.7. The van der Waals surface area contributed by atoms with Gasteiger partial charge in [-0.1, -0.05) is 13.3 Å². The number of piperidine rings is 1. The topological polar surface area (TPSA) is 101 Å². The molecule has 27 heavy (non-hydrogen) atoms. The second-order valence-electron chi connectivity index (χ2n) is 6.87. The van der Waals surface area contributed by atoms with Crippen LogP contribution in [0.15, 0.2) is 30.3 Å². The standard InChI is InChI=1S/C20H26N4O3/c1-2-3-12-27-16-6-4-15(5-7-16)20(26)24-10-8-14(9-11-24)17-13-18(19(21)25)23-22-17/h4-7,13-14H,2-3,8-12H2,1H3,(H2,21,25)(H,22,23). The Kier molecular flexibility index (Phi) is 6.11. The average molecular weight is 370 g/mol. The number of benzene rings is 1. The van der Waals surface area contributed by atoms with Gasteiger partial charge in [-0.05, 0) is 49.6 Å². The van der Waals surface area contributed by atoms with Crippen molar-refractivity contribution in [2.24, 2.45) is 5.73 Å². The van der Waals surface area contributed by atoms with Crippen LogP contribution >= 0.6 is 0 Å². The van der Waals surface area contributed by atoms with E-state index in [0.717, 1.165) is 37.1 Å². The molecular weight excluding hydrogens is 344 g/mol. The fourth-order valence-corrected chi connectivity index (χ4v) is 3.28. The van der Waals surface area contributed by atoms with E-state index < -0.39 is 5.91 Å². The van der Waals surface area contributed by atoms with Gasteiger partial charge in [0.15, 0.2) is 0 Å². The van der Waals surface area contributed by atoms with Gasteiger partial charge in [-0.2, -0.15) is 5.10 Å². The van der Waals surface area contributed by atoms with Crippen LogP contribution in [0.3, 0.4) is 0 Å². The van der Waals surface area contributed by atoms with Gasteiger partial charge < -0.3 is 15.4 Å². The van der Waals surface area contributed by atoms with Crippen LogP contribution in [-0.4, -0.2) is 46.6 Å². The lowest BCUT2D eigenvalue weighted by molar-refractivity contribution is 0.0712. The first-order chi connectivity index (χ1) is 13.1. The number of nitrogens with one attached hydrogen (secondary N) is 1. The Balaban J connectivity index is 1.54. The third kappa shape index (κ3) is 4.67. The lowest BCUT2D eigenvalue weighted by Gasteiger charge is -2.31. The predicted molar refractivity (Wildman–Crippen MR) is 102 cm³/mol. The van der Waals surface area contributed by atoms with E-state index in [0.29, 0.717) is 25.3 Å². The normalized spacial score (nSPS) is 14.9. The Hall–Kier alpha value is -2.83. The van der Waals surface area contributed by atoms with Crippen molar-refractivity contribution in [3.63, 3.8) is 0 Å². The van der Waals surface area contributed by atoms with Crippen LogP contribution in [0, 0.1) is 0 Å².